The van der Waals surface area contributed by atoms with E-state index in [0.717, 1.165) is 39.0 Å². The van der Waals surface area contributed by atoms with Gasteiger partial charge in [-0.3, -0.25) is 0 Å². The van der Waals surface area contributed by atoms with Crippen LogP contribution in [-0.2, 0) is 14.6 Å². The van der Waals surface area contributed by atoms with E-state index in [9.17, 15) is 8.42 Å². The van der Waals surface area contributed by atoms with Crippen LogP contribution in [0, 0.1) is 5.92 Å². The first kappa shape index (κ1) is 16.5. The lowest BCUT2D eigenvalue weighted by molar-refractivity contribution is 0.0536. The van der Waals surface area contributed by atoms with E-state index in [2.05, 4.69) is 12.2 Å². The maximum atomic E-state index is 11.6. The van der Waals surface area contributed by atoms with Gasteiger partial charge in [-0.25, -0.2) is 8.42 Å². The molecule has 1 aromatic rings. The first-order valence-corrected chi connectivity index (χ1v) is 9.52. The SMILES string of the molecule is CCCNC(c1ccc(S(C)(=O)=O)cc1)C1CCOCC1. The van der Waals surface area contributed by atoms with Gasteiger partial charge in [-0.05, 0) is 49.4 Å². The molecule has 1 aliphatic heterocycles. The summed E-state index contributed by atoms with van der Waals surface area (Å²) in [5, 5.41) is 3.61. The Morgan fingerprint density at radius 1 is 1.24 bits per heavy atom. The van der Waals surface area contributed by atoms with Crippen molar-refractivity contribution < 1.29 is 13.2 Å². The molecule has 1 aromatic carbocycles. The molecule has 1 unspecified atom stereocenters. The van der Waals surface area contributed by atoms with Crippen molar-refractivity contribution in [1.29, 1.82) is 0 Å². The molecule has 0 radical (unpaired) electrons. The zero-order valence-electron chi connectivity index (χ0n) is 12.8. The van der Waals surface area contributed by atoms with Gasteiger partial charge in [0.25, 0.3) is 0 Å². The Balaban J connectivity index is 2.19. The van der Waals surface area contributed by atoms with Crippen molar-refractivity contribution in [1.82, 2.24) is 5.32 Å². The third-order valence-corrected chi connectivity index (χ3v) is 5.15. The summed E-state index contributed by atoms with van der Waals surface area (Å²) >= 11 is 0. The van der Waals surface area contributed by atoms with Crippen LogP contribution in [0.2, 0.25) is 0 Å². The number of hydrogen-bond donors (Lipinski definition) is 1. The Morgan fingerprint density at radius 3 is 2.38 bits per heavy atom. The summed E-state index contributed by atoms with van der Waals surface area (Å²) in [5.41, 5.74) is 1.17. The molecule has 0 bridgehead atoms. The second kappa shape index (κ2) is 7.38. The molecule has 1 N–H and O–H groups in total. The molecule has 118 valence electrons. The number of rotatable bonds is 6. The minimum absolute atomic E-state index is 0.280. The van der Waals surface area contributed by atoms with E-state index in [1.165, 1.54) is 11.8 Å². The molecule has 1 saturated heterocycles. The minimum atomic E-state index is -3.13. The monoisotopic (exact) mass is 311 g/mol. The van der Waals surface area contributed by atoms with E-state index < -0.39 is 9.84 Å². The molecule has 2 rings (SSSR count). The first-order valence-electron chi connectivity index (χ1n) is 7.63. The molecule has 4 nitrogen and oxygen atoms in total. The van der Waals surface area contributed by atoms with Crippen LogP contribution in [-0.4, -0.2) is 34.4 Å². The summed E-state index contributed by atoms with van der Waals surface area (Å²) in [4.78, 5) is 0.382. The summed E-state index contributed by atoms with van der Waals surface area (Å²) in [6, 6.07) is 7.59. The van der Waals surface area contributed by atoms with Crippen LogP contribution in [0.1, 0.15) is 37.8 Å². The third-order valence-electron chi connectivity index (χ3n) is 4.02. The normalized spacial score (nSPS) is 18.6. The van der Waals surface area contributed by atoms with Crippen molar-refractivity contribution in [3.05, 3.63) is 29.8 Å². The van der Waals surface area contributed by atoms with Gasteiger partial charge in [-0.1, -0.05) is 19.1 Å². The van der Waals surface area contributed by atoms with Gasteiger partial charge < -0.3 is 10.1 Å². The van der Waals surface area contributed by atoms with Crippen LogP contribution in [0.15, 0.2) is 29.2 Å². The molecule has 0 amide bonds. The molecule has 0 spiro atoms. The predicted molar refractivity (Wildman–Crippen MR) is 84.1 cm³/mol. The average molecular weight is 311 g/mol. The van der Waals surface area contributed by atoms with E-state index in [1.54, 1.807) is 12.1 Å². The first-order chi connectivity index (χ1) is 10.0. The molecule has 0 saturated carbocycles. The van der Waals surface area contributed by atoms with E-state index in [0.29, 0.717) is 10.8 Å². The van der Waals surface area contributed by atoms with Gasteiger partial charge >= 0.3 is 0 Å². The predicted octanol–water partition coefficient (Wildman–Crippen LogP) is 2.56. The molecule has 5 heteroatoms. The zero-order valence-corrected chi connectivity index (χ0v) is 13.7. The number of benzene rings is 1. The van der Waals surface area contributed by atoms with E-state index in [1.807, 2.05) is 12.1 Å². The smallest absolute Gasteiger partial charge is 0.175 e. The van der Waals surface area contributed by atoms with E-state index in [-0.39, 0.29) is 6.04 Å². The largest absolute Gasteiger partial charge is 0.381 e. The summed E-state index contributed by atoms with van der Waals surface area (Å²) in [6.07, 6.45) is 4.43. The van der Waals surface area contributed by atoms with Gasteiger partial charge in [0, 0.05) is 25.5 Å². The third kappa shape index (κ3) is 4.53. The topological polar surface area (TPSA) is 55.4 Å². The summed E-state index contributed by atoms with van der Waals surface area (Å²) in [6.45, 7) is 4.75. The van der Waals surface area contributed by atoms with E-state index >= 15 is 0 Å². The average Bonchev–Trinajstić information content (AvgIpc) is 2.48. The Kier molecular flexibility index (Phi) is 5.79. The highest BCUT2D eigenvalue weighted by Gasteiger charge is 2.25. The number of nitrogens with one attached hydrogen (secondary N) is 1. The van der Waals surface area contributed by atoms with Gasteiger partial charge in [0.05, 0.1) is 4.90 Å². The molecule has 1 atom stereocenters. The Morgan fingerprint density at radius 2 is 1.86 bits per heavy atom. The highest BCUT2D eigenvalue weighted by Crippen LogP contribution is 2.30. The molecular weight excluding hydrogens is 286 g/mol. The highest BCUT2D eigenvalue weighted by atomic mass is 32.2. The molecular formula is C16H25NO3S. The molecule has 1 heterocycles. The van der Waals surface area contributed by atoms with Gasteiger partial charge in [0.15, 0.2) is 9.84 Å². The van der Waals surface area contributed by atoms with Crippen LogP contribution >= 0.6 is 0 Å². The molecule has 0 aliphatic carbocycles. The fourth-order valence-corrected chi connectivity index (χ4v) is 3.46. The van der Waals surface area contributed by atoms with Crippen LogP contribution < -0.4 is 5.32 Å². The fraction of sp³-hybridized carbons (Fsp3) is 0.625. The van der Waals surface area contributed by atoms with Crippen LogP contribution in [0.4, 0.5) is 0 Å². The fourth-order valence-electron chi connectivity index (χ4n) is 2.83. The van der Waals surface area contributed by atoms with Crippen molar-refractivity contribution >= 4 is 9.84 Å². The highest BCUT2D eigenvalue weighted by molar-refractivity contribution is 7.90. The zero-order chi connectivity index (χ0) is 15.3. The molecule has 0 aromatic heterocycles. The number of hydrogen-bond acceptors (Lipinski definition) is 4. The Labute approximate surface area is 127 Å². The molecule has 1 aliphatic rings. The van der Waals surface area contributed by atoms with Gasteiger partial charge in [-0.15, -0.1) is 0 Å². The molecule has 1 fully saturated rings. The molecule has 21 heavy (non-hydrogen) atoms. The lowest BCUT2D eigenvalue weighted by Gasteiger charge is -2.31. The Hall–Kier alpha value is -0.910. The van der Waals surface area contributed by atoms with Gasteiger partial charge in [-0.2, -0.15) is 0 Å². The van der Waals surface area contributed by atoms with Gasteiger partial charge in [0.1, 0.15) is 0 Å². The van der Waals surface area contributed by atoms with Crippen molar-refractivity contribution in [3.8, 4) is 0 Å². The Bertz CT molecular complexity index is 533. The second-order valence-corrected chi connectivity index (χ2v) is 7.74. The van der Waals surface area contributed by atoms with Crippen molar-refractivity contribution in [2.75, 3.05) is 26.0 Å². The summed E-state index contributed by atoms with van der Waals surface area (Å²) in [5.74, 6) is 0.550. The van der Waals surface area contributed by atoms with Crippen molar-refractivity contribution in [2.24, 2.45) is 5.92 Å². The maximum absolute atomic E-state index is 11.6. The second-order valence-electron chi connectivity index (χ2n) is 5.72. The van der Waals surface area contributed by atoms with E-state index in [4.69, 9.17) is 4.74 Å². The quantitative estimate of drug-likeness (QED) is 0.877. The standard InChI is InChI=1S/C16H25NO3S/c1-3-10-17-16(14-8-11-20-12-9-14)13-4-6-15(7-5-13)21(2,18)19/h4-7,14,16-17H,3,8-12H2,1-2H3. The lowest BCUT2D eigenvalue weighted by Crippen LogP contribution is -2.32. The van der Waals surface area contributed by atoms with Crippen molar-refractivity contribution in [3.63, 3.8) is 0 Å². The lowest BCUT2D eigenvalue weighted by atomic mass is 9.87. The summed E-state index contributed by atoms with van der Waals surface area (Å²) < 4.78 is 28.6. The van der Waals surface area contributed by atoms with Crippen LogP contribution in [0.5, 0.6) is 0 Å². The number of sulfone groups is 1. The minimum Gasteiger partial charge on any atom is -0.381 e. The van der Waals surface area contributed by atoms with Gasteiger partial charge in [0.2, 0.25) is 0 Å². The van der Waals surface area contributed by atoms with Crippen LogP contribution in [0.3, 0.4) is 0 Å². The number of ether oxygens (including phenoxy) is 1. The maximum Gasteiger partial charge on any atom is 0.175 e. The summed E-state index contributed by atoms with van der Waals surface area (Å²) in [7, 11) is -3.13. The van der Waals surface area contributed by atoms with Crippen molar-refractivity contribution in [2.45, 2.75) is 37.1 Å². The van der Waals surface area contributed by atoms with Crippen LogP contribution in [0.25, 0.3) is 0 Å².